The molecular formula is C18H31N3. The molecule has 3 nitrogen and oxygen atoms in total. The summed E-state index contributed by atoms with van der Waals surface area (Å²) in [5, 5.41) is 3.61. The molecule has 1 aromatic rings. The highest BCUT2D eigenvalue weighted by atomic mass is 15.3. The second-order valence-electron chi connectivity index (χ2n) is 6.59. The Morgan fingerprint density at radius 2 is 1.95 bits per heavy atom. The highest BCUT2D eigenvalue weighted by Gasteiger charge is 2.34. The van der Waals surface area contributed by atoms with E-state index in [0.717, 1.165) is 19.0 Å². The zero-order valence-corrected chi connectivity index (χ0v) is 14.0. The first-order chi connectivity index (χ1) is 10.1. The van der Waals surface area contributed by atoms with Crippen LogP contribution in [0.3, 0.4) is 0 Å². The fourth-order valence-corrected chi connectivity index (χ4v) is 3.46. The molecule has 21 heavy (non-hydrogen) atoms. The molecule has 1 aliphatic heterocycles. The molecule has 3 atom stereocenters. The highest BCUT2D eigenvalue weighted by molar-refractivity contribution is 5.20. The summed E-state index contributed by atoms with van der Waals surface area (Å²) in [6, 6.07) is 12.1. The fourth-order valence-electron chi connectivity index (χ4n) is 3.46. The number of benzene rings is 1. The maximum absolute atomic E-state index is 3.61. The van der Waals surface area contributed by atoms with E-state index in [2.05, 4.69) is 73.4 Å². The van der Waals surface area contributed by atoms with E-state index in [1.807, 2.05) is 0 Å². The van der Waals surface area contributed by atoms with Crippen molar-refractivity contribution in [1.29, 1.82) is 0 Å². The third kappa shape index (κ3) is 4.29. The van der Waals surface area contributed by atoms with Crippen molar-refractivity contribution >= 4 is 0 Å². The Balaban J connectivity index is 2.09. The number of hydrogen-bond donors (Lipinski definition) is 1. The fraction of sp³-hybridized carbons (Fsp3) is 0.667. The predicted octanol–water partition coefficient (Wildman–Crippen LogP) is 2.61. The van der Waals surface area contributed by atoms with Crippen LogP contribution in [0.1, 0.15) is 31.9 Å². The van der Waals surface area contributed by atoms with E-state index in [0.29, 0.717) is 12.1 Å². The van der Waals surface area contributed by atoms with Crippen molar-refractivity contribution in [3.8, 4) is 0 Å². The highest BCUT2D eigenvalue weighted by Crippen LogP contribution is 2.29. The van der Waals surface area contributed by atoms with Crippen molar-refractivity contribution < 1.29 is 0 Å². The molecule has 1 heterocycles. The van der Waals surface area contributed by atoms with E-state index in [9.17, 15) is 0 Å². The monoisotopic (exact) mass is 289 g/mol. The van der Waals surface area contributed by atoms with E-state index < -0.39 is 0 Å². The van der Waals surface area contributed by atoms with Gasteiger partial charge in [-0.2, -0.15) is 0 Å². The molecule has 0 amide bonds. The lowest BCUT2D eigenvalue weighted by Gasteiger charge is -2.29. The van der Waals surface area contributed by atoms with Gasteiger partial charge in [0.25, 0.3) is 0 Å². The average molecular weight is 289 g/mol. The van der Waals surface area contributed by atoms with Crippen LogP contribution in [0.15, 0.2) is 30.3 Å². The number of nitrogens with one attached hydrogen (secondary N) is 1. The van der Waals surface area contributed by atoms with Crippen LogP contribution in [0.4, 0.5) is 0 Å². The number of nitrogens with zero attached hydrogens (tertiary/aromatic N) is 2. The zero-order valence-electron chi connectivity index (χ0n) is 14.0. The van der Waals surface area contributed by atoms with Crippen LogP contribution < -0.4 is 5.32 Å². The van der Waals surface area contributed by atoms with Crippen molar-refractivity contribution in [1.82, 2.24) is 15.1 Å². The van der Waals surface area contributed by atoms with E-state index in [1.54, 1.807) is 0 Å². The Morgan fingerprint density at radius 1 is 1.24 bits per heavy atom. The zero-order chi connectivity index (χ0) is 15.2. The molecule has 3 unspecified atom stereocenters. The summed E-state index contributed by atoms with van der Waals surface area (Å²) >= 11 is 0. The molecule has 1 N–H and O–H groups in total. The van der Waals surface area contributed by atoms with Crippen molar-refractivity contribution in [2.45, 2.75) is 32.4 Å². The molecule has 0 aliphatic carbocycles. The van der Waals surface area contributed by atoms with Gasteiger partial charge in [-0.25, -0.2) is 0 Å². The number of rotatable bonds is 7. The lowest BCUT2D eigenvalue weighted by Crippen LogP contribution is -2.38. The van der Waals surface area contributed by atoms with Crippen LogP contribution >= 0.6 is 0 Å². The van der Waals surface area contributed by atoms with Gasteiger partial charge in [0.1, 0.15) is 0 Å². The molecule has 0 bridgehead atoms. The third-order valence-electron chi connectivity index (χ3n) is 4.65. The minimum Gasteiger partial charge on any atom is -0.315 e. The molecule has 1 aliphatic rings. The standard InChI is InChI=1S/C18H31N3/c1-5-11-19-12-17(16-9-7-6-8-10-16)21-13-15(2)18(14-21)20(3)4/h6-10,15,17-19H,5,11-14H2,1-4H3. The molecule has 0 saturated carbocycles. The van der Waals surface area contributed by atoms with Gasteiger partial charge in [0.05, 0.1) is 0 Å². The van der Waals surface area contributed by atoms with E-state index in [-0.39, 0.29) is 0 Å². The normalized spacial score (nSPS) is 24.6. The van der Waals surface area contributed by atoms with Crippen LogP contribution in [0, 0.1) is 5.92 Å². The maximum atomic E-state index is 3.61. The van der Waals surface area contributed by atoms with Gasteiger partial charge in [-0.3, -0.25) is 4.90 Å². The number of likely N-dealkylation sites (tertiary alicyclic amines) is 1. The van der Waals surface area contributed by atoms with Gasteiger partial charge in [0, 0.05) is 31.7 Å². The lowest BCUT2D eigenvalue weighted by molar-refractivity contribution is 0.212. The molecule has 0 aromatic heterocycles. The van der Waals surface area contributed by atoms with E-state index in [4.69, 9.17) is 0 Å². The lowest BCUT2D eigenvalue weighted by atomic mass is 10.1. The number of likely N-dealkylation sites (N-methyl/N-ethyl adjacent to an activating group) is 1. The van der Waals surface area contributed by atoms with Crippen molar-refractivity contribution in [3.63, 3.8) is 0 Å². The Kier molecular flexibility index (Phi) is 6.22. The minimum atomic E-state index is 0.491. The van der Waals surface area contributed by atoms with Crippen LogP contribution in [-0.4, -0.2) is 56.1 Å². The first-order valence-corrected chi connectivity index (χ1v) is 8.29. The van der Waals surface area contributed by atoms with Gasteiger partial charge in [0.15, 0.2) is 0 Å². The second kappa shape index (κ2) is 7.92. The molecular weight excluding hydrogens is 258 g/mol. The summed E-state index contributed by atoms with van der Waals surface area (Å²) in [6.45, 7) is 9.11. The molecule has 2 rings (SSSR count). The van der Waals surface area contributed by atoms with Gasteiger partial charge in [-0.1, -0.05) is 44.2 Å². The van der Waals surface area contributed by atoms with Gasteiger partial charge >= 0.3 is 0 Å². The van der Waals surface area contributed by atoms with Crippen molar-refractivity contribution in [2.75, 3.05) is 40.3 Å². The smallest absolute Gasteiger partial charge is 0.0473 e. The Bertz CT molecular complexity index is 404. The molecule has 3 heteroatoms. The molecule has 118 valence electrons. The van der Waals surface area contributed by atoms with Crippen LogP contribution in [0.25, 0.3) is 0 Å². The minimum absolute atomic E-state index is 0.491. The molecule has 0 radical (unpaired) electrons. The summed E-state index contributed by atoms with van der Waals surface area (Å²) < 4.78 is 0. The average Bonchev–Trinajstić information content (AvgIpc) is 2.86. The summed E-state index contributed by atoms with van der Waals surface area (Å²) in [5.74, 6) is 0.734. The first kappa shape index (κ1) is 16.5. The summed E-state index contributed by atoms with van der Waals surface area (Å²) in [7, 11) is 4.41. The van der Waals surface area contributed by atoms with E-state index >= 15 is 0 Å². The topological polar surface area (TPSA) is 18.5 Å². The predicted molar refractivity (Wildman–Crippen MR) is 90.6 cm³/mol. The molecule has 1 fully saturated rings. The van der Waals surface area contributed by atoms with Crippen LogP contribution in [-0.2, 0) is 0 Å². The summed E-state index contributed by atoms with van der Waals surface area (Å²) in [6.07, 6.45) is 1.19. The molecule has 0 spiro atoms. The van der Waals surface area contributed by atoms with Crippen LogP contribution in [0.2, 0.25) is 0 Å². The molecule has 1 aromatic carbocycles. The summed E-state index contributed by atoms with van der Waals surface area (Å²) in [5.41, 5.74) is 1.44. The Labute approximate surface area is 130 Å². The van der Waals surface area contributed by atoms with Crippen LogP contribution in [0.5, 0.6) is 0 Å². The quantitative estimate of drug-likeness (QED) is 0.779. The molecule has 1 saturated heterocycles. The Morgan fingerprint density at radius 3 is 2.52 bits per heavy atom. The largest absolute Gasteiger partial charge is 0.315 e. The SMILES string of the molecule is CCCNCC(c1ccccc1)N1CC(C)C(N(C)C)C1. The van der Waals surface area contributed by atoms with Gasteiger partial charge in [0.2, 0.25) is 0 Å². The van der Waals surface area contributed by atoms with Gasteiger partial charge in [-0.05, 0) is 38.5 Å². The van der Waals surface area contributed by atoms with E-state index in [1.165, 1.54) is 25.1 Å². The van der Waals surface area contributed by atoms with Gasteiger partial charge < -0.3 is 10.2 Å². The third-order valence-corrected chi connectivity index (χ3v) is 4.65. The summed E-state index contributed by atoms with van der Waals surface area (Å²) in [4.78, 5) is 5.04. The first-order valence-electron chi connectivity index (χ1n) is 8.29. The van der Waals surface area contributed by atoms with Gasteiger partial charge in [-0.15, -0.1) is 0 Å². The Hall–Kier alpha value is -0.900. The van der Waals surface area contributed by atoms with Crippen molar-refractivity contribution in [2.24, 2.45) is 5.92 Å². The second-order valence-corrected chi connectivity index (χ2v) is 6.59. The number of hydrogen-bond acceptors (Lipinski definition) is 3. The maximum Gasteiger partial charge on any atom is 0.0473 e. The van der Waals surface area contributed by atoms with Crippen molar-refractivity contribution in [3.05, 3.63) is 35.9 Å².